The van der Waals surface area contributed by atoms with Crippen LogP contribution in [0.15, 0.2) is 64.6 Å². The van der Waals surface area contributed by atoms with Gasteiger partial charge < -0.3 is 14.8 Å². The van der Waals surface area contributed by atoms with Crippen molar-refractivity contribution < 1.29 is 14.3 Å². The second-order valence-electron chi connectivity index (χ2n) is 7.18. The lowest BCUT2D eigenvalue weighted by Gasteiger charge is -2.15. The molecule has 0 aromatic heterocycles. The maximum absolute atomic E-state index is 12.7. The molecule has 0 atom stereocenters. The number of nitrogens with one attached hydrogen (secondary N) is 1. The van der Waals surface area contributed by atoms with E-state index in [2.05, 4.69) is 21.2 Å². The summed E-state index contributed by atoms with van der Waals surface area (Å²) >= 11 is 16.1. The SMILES string of the molecule is CCOc1cc(/C=C(\C#N)C(=O)Nc2cccc(Cl)c2C)cc(Cl)c1OCc1ccccc1Br. The predicted molar refractivity (Wildman–Crippen MR) is 140 cm³/mol. The van der Waals surface area contributed by atoms with Gasteiger partial charge in [0.15, 0.2) is 11.5 Å². The fourth-order valence-electron chi connectivity index (χ4n) is 3.09. The molecular weight excluding hydrogens is 539 g/mol. The van der Waals surface area contributed by atoms with Gasteiger partial charge in [0.05, 0.1) is 11.6 Å². The summed E-state index contributed by atoms with van der Waals surface area (Å²) in [6.45, 7) is 4.29. The molecule has 0 heterocycles. The summed E-state index contributed by atoms with van der Waals surface area (Å²) < 4.78 is 12.6. The Labute approximate surface area is 217 Å². The molecule has 3 aromatic rings. The molecule has 0 radical (unpaired) electrons. The predicted octanol–water partition coefficient (Wildman–Crippen LogP) is 7.59. The molecule has 3 aromatic carbocycles. The fourth-order valence-corrected chi connectivity index (χ4v) is 3.93. The molecule has 0 aliphatic heterocycles. The number of carbonyl (C=O) groups excluding carboxylic acids is 1. The Morgan fingerprint density at radius 3 is 2.59 bits per heavy atom. The molecule has 5 nitrogen and oxygen atoms in total. The van der Waals surface area contributed by atoms with Crippen LogP contribution in [0.1, 0.15) is 23.6 Å². The zero-order chi connectivity index (χ0) is 24.7. The highest BCUT2D eigenvalue weighted by molar-refractivity contribution is 9.10. The number of rotatable bonds is 8. The summed E-state index contributed by atoms with van der Waals surface area (Å²) in [4.78, 5) is 12.7. The Balaban J connectivity index is 1.87. The highest BCUT2D eigenvalue weighted by atomic mass is 79.9. The van der Waals surface area contributed by atoms with Crippen LogP contribution in [0.5, 0.6) is 11.5 Å². The van der Waals surface area contributed by atoms with E-state index in [1.165, 1.54) is 6.08 Å². The number of ether oxygens (including phenoxy) is 2. The number of carbonyl (C=O) groups is 1. The topological polar surface area (TPSA) is 71.3 Å². The first-order valence-corrected chi connectivity index (χ1v) is 11.9. The van der Waals surface area contributed by atoms with Gasteiger partial charge in [0, 0.05) is 20.7 Å². The lowest BCUT2D eigenvalue weighted by atomic mass is 10.1. The molecule has 0 bridgehead atoms. The van der Waals surface area contributed by atoms with Gasteiger partial charge in [-0.25, -0.2) is 0 Å². The van der Waals surface area contributed by atoms with Crippen LogP contribution >= 0.6 is 39.1 Å². The van der Waals surface area contributed by atoms with Gasteiger partial charge in [0.25, 0.3) is 5.91 Å². The number of halogens is 3. The average molecular weight is 560 g/mol. The Morgan fingerprint density at radius 1 is 1.12 bits per heavy atom. The van der Waals surface area contributed by atoms with Gasteiger partial charge in [-0.1, -0.05) is 63.4 Å². The van der Waals surface area contributed by atoms with Crippen LogP contribution in [0.4, 0.5) is 5.69 Å². The maximum Gasteiger partial charge on any atom is 0.266 e. The van der Waals surface area contributed by atoms with Crippen molar-refractivity contribution in [1.29, 1.82) is 5.26 Å². The van der Waals surface area contributed by atoms with Crippen molar-refractivity contribution in [3.05, 3.63) is 91.4 Å². The molecule has 174 valence electrons. The monoisotopic (exact) mass is 558 g/mol. The van der Waals surface area contributed by atoms with Crippen LogP contribution < -0.4 is 14.8 Å². The minimum absolute atomic E-state index is 0.0974. The Bertz CT molecular complexity index is 1290. The number of nitriles is 1. The molecule has 3 rings (SSSR count). The minimum Gasteiger partial charge on any atom is -0.490 e. The second kappa shape index (κ2) is 11.9. The quantitative estimate of drug-likeness (QED) is 0.228. The number of benzene rings is 3. The van der Waals surface area contributed by atoms with Gasteiger partial charge in [-0.15, -0.1) is 0 Å². The molecule has 0 unspecified atom stereocenters. The van der Waals surface area contributed by atoms with Crippen LogP contribution in [0, 0.1) is 18.3 Å². The lowest BCUT2D eigenvalue weighted by Crippen LogP contribution is -2.14. The molecule has 34 heavy (non-hydrogen) atoms. The summed E-state index contributed by atoms with van der Waals surface area (Å²) in [7, 11) is 0. The van der Waals surface area contributed by atoms with Crippen molar-refractivity contribution >= 4 is 56.8 Å². The maximum atomic E-state index is 12.7. The Kier molecular flexibility index (Phi) is 9.00. The Morgan fingerprint density at radius 2 is 1.88 bits per heavy atom. The first kappa shape index (κ1) is 25.6. The summed E-state index contributed by atoms with van der Waals surface area (Å²) in [6.07, 6.45) is 1.45. The average Bonchev–Trinajstić information content (AvgIpc) is 2.81. The van der Waals surface area contributed by atoms with E-state index in [0.29, 0.717) is 45.0 Å². The summed E-state index contributed by atoms with van der Waals surface area (Å²) in [5.74, 6) is 0.238. The molecular formula is C26H21BrCl2N2O3. The van der Waals surface area contributed by atoms with E-state index in [1.54, 1.807) is 37.3 Å². The van der Waals surface area contributed by atoms with Crippen molar-refractivity contribution in [1.82, 2.24) is 0 Å². The molecule has 1 N–H and O–H groups in total. The fraction of sp³-hybridized carbons (Fsp3) is 0.154. The Hall–Kier alpha value is -2.98. The molecule has 0 aliphatic rings. The van der Waals surface area contributed by atoms with E-state index < -0.39 is 5.91 Å². The first-order valence-electron chi connectivity index (χ1n) is 10.3. The van der Waals surface area contributed by atoms with E-state index in [4.69, 9.17) is 32.7 Å². The normalized spacial score (nSPS) is 11.0. The van der Waals surface area contributed by atoms with Crippen molar-refractivity contribution in [2.45, 2.75) is 20.5 Å². The van der Waals surface area contributed by atoms with Gasteiger partial charge >= 0.3 is 0 Å². The van der Waals surface area contributed by atoms with Gasteiger partial charge in [-0.3, -0.25) is 4.79 Å². The van der Waals surface area contributed by atoms with Crippen molar-refractivity contribution in [3.8, 4) is 17.6 Å². The standard InChI is InChI=1S/C26H21BrCl2N2O3/c1-3-33-24-13-17(12-22(29)25(24)34-15-18-7-4-5-8-20(18)27)11-19(14-30)26(32)31-23-10-6-9-21(28)16(23)2/h4-13H,3,15H2,1-2H3,(H,31,32)/b19-11+. The van der Waals surface area contributed by atoms with Crippen molar-refractivity contribution in [2.24, 2.45) is 0 Å². The van der Waals surface area contributed by atoms with Crippen LogP contribution in [0.2, 0.25) is 10.0 Å². The third kappa shape index (κ3) is 6.32. The summed E-state index contributed by atoms with van der Waals surface area (Å²) in [5, 5.41) is 13.1. The highest BCUT2D eigenvalue weighted by Gasteiger charge is 2.16. The van der Waals surface area contributed by atoms with Gasteiger partial charge in [-0.2, -0.15) is 5.26 Å². The smallest absolute Gasteiger partial charge is 0.266 e. The minimum atomic E-state index is -0.559. The number of hydrogen-bond acceptors (Lipinski definition) is 4. The molecule has 0 fully saturated rings. The third-order valence-corrected chi connectivity index (χ3v) is 6.32. The van der Waals surface area contributed by atoms with Crippen molar-refractivity contribution in [3.63, 3.8) is 0 Å². The van der Waals surface area contributed by atoms with Crippen molar-refractivity contribution in [2.75, 3.05) is 11.9 Å². The number of amides is 1. The van der Waals surface area contributed by atoms with Crippen LogP contribution in [0.25, 0.3) is 6.08 Å². The van der Waals surface area contributed by atoms with Crippen LogP contribution in [-0.2, 0) is 11.4 Å². The van der Waals surface area contributed by atoms with E-state index in [9.17, 15) is 10.1 Å². The molecule has 8 heteroatoms. The number of anilines is 1. The molecule has 1 amide bonds. The molecule has 0 aliphatic carbocycles. The van der Waals surface area contributed by atoms with E-state index in [1.807, 2.05) is 37.3 Å². The van der Waals surface area contributed by atoms with Crippen LogP contribution in [-0.4, -0.2) is 12.5 Å². The van der Waals surface area contributed by atoms with Crippen LogP contribution in [0.3, 0.4) is 0 Å². The third-order valence-electron chi connectivity index (χ3n) is 4.85. The van der Waals surface area contributed by atoms with E-state index >= 15 is 0 Å². The lowest BCUT2D eigenvalue weighted by molar-refractivity contribution is -0.112. The van der Waals surface area contributed by atoms with E-state index in [-0.39, 0.29) is 12.2 Å². The van der Waals surface area contributed by atoms with Gasteiger partial charge in [-0.05, 0) is 61.4 Å². The zero-order valence-electron chi connectivity index (χ0n) is 18.5. The van der Waals surface area contributed by atoms with Gasteiger partial charge in [0.2, 0.25) is 0 Å². The summed E-state index contributed by atoms with van der Waals surface area (Å²) in [6, 6.07) is 18.1. The first-order chi connectivity index (χ1) is 16.3. The van der Waals surface area contributed by atoms with E-state index in [0.717, 1.165) is 10.0 Å². The highest BCUT2D eigenvalue weighted by Crippen LogP contribution is 2.38. The zero-order valence-corrected chi connectivity index (χ0v) is 21.6. The molecule has 0 saturated carbocycles. The summed E-state index contributed by atoms with van der Waals surface area (Å²) in [5.41, 5.74) is 2.62. The number of hydrogen-bond donors (Lipinski definition) is 1. The largest absolute Gasteiger partial charge is 0.490 e. The molecule has 0 saturated heterocycles. The molecule has 0 spiro atoms. The number of nitrogens with zero attached hydrogens (tertiary/aromatic N) is 1. The van der Waals surface area contributed by atoms with Gasteiger partial charge in [0.1, 0.15) is 18.2 Å². The second-order valence-corrected chi connectivity index (χ2v) is 8.85.